The highest BCUT2D eigenvalue weighted by atomic mass is 16.5. The van der Waals surface area contributed by atoms with E-state index in [1.165, 1.54) is 11.1 Å². The Bertz CT molecular complexity index is 594. The second-order valence-electron chi connectivity index (χ2n) is 4.84. The molecule has 0 fully saturated rings. The zero-order valence-electron chi connectivity index (χ0n) is 12.2. The van der Waals surface area contributed by atoms with Gasteiger partial charge < -0.3 is 15.2 Å². The number of ether oxygens (including phenoxy) is 1. The Morgan fingerprint density at radius 2 is 1.95 bits per heavy atom. The van der Waals surface area contributed by atoms with Gasteiger partial charge in [0.1, 0.15) is 0 Å². The van der Waals surface area contributed by atoms with Crippen molar-refractivity contribution in [3.63, 3.8) is 0 Å². The average Bonchev–Trinajstić information content (AvgIpc) is 2.44. The first-order chi connectivity index (χ1) is 9.61. The van der Waals surface area contributed by atoms with Gasteiger partial charge in [0, 0.05) is 12.2 Å². The summed E-state index contributed by atoms with van der Waals surface area (Å²) in [5.41, 5.74) is 4.75. The standard InChI is InChI=1S/C17H21NO2/c1-4-20-17-10-14(8-9-16(17)19)11-18-15-7-5-6-12(2)13(15)3/h5-10,18-19H,4,11H2,1-3H3. The Morgan fingerprint density at radius 1 is 1.15 bits per heavy atom. The molecule has 0 aliphatic rings. The summed E-state index contributed by atoms with van der Waals surface area (Å²) in [6, 6.07) is 11.7. The Labute approximate surface area is 120 Å². The lowest BCUT2D eigenvalue weighted by atomic mass is 10.1. The van der Waals surface area contributed by atoms with Crippen LogP contribution in [0.3, 0.4) is 0 Å². The van der Waals surface area contributed by atoms with Gasteiger partial charge in [0.2, 0.25) is 0 Å². The predicted octanol–water partition coefficient (Wildman–Crippen LogP) is 4.02. The van der Waals surface area contributed by atoms with E-state index in [1.54, 1.807) is 6.07 Å². The molecular weight excluding hydrogens is 250 g/mol. The van der Waals surface area contributed by atoms with Crippen LogP contribution in [0.5, 0.6) is 11.5 Å². The van der Waals surface area contributed by atoms with Gasteiger partial charge in [0.25, 0.3) is 0 Å². The molecule has 3 heteroatoms. The second kappa shape index (κ2) is 6.33. The molecule has 2 aromatic rings. The molecule has 0 atom stereocenters. The monoisotopic (exact) mass is 271 g/mol. The molecule has 0 amide bonds. The summed E-state index contributed by atoms with van der Waals surface area (Å²) in [4.78, 5) is 0. The second-order valence-corrected chi connectivity index (χ2v) is 4.84. The molecule has 106 valence electrons. The van der Waals surface area contributed by atoms with E-state index in [9.17, 15) is 5.11 Å². The first-order valence-corrected chi connectivity index (χ1v) is 6.86. The molecular formula is C17H21NO2. The van der Waals surface area contributed by atoms with Gasteiger partial charge in [-0.05, 0) is 55.7 Å². The smallest absolute Gasteiger partial charge is 0.161 e. The van der Waals surface area contributed by atoms with Crippen LogP contribution in [0.25, 0.3) is 0 Å². The summed E-state index contributed by atoms with van der Waals surface area (Å²) in [7, 11) is 0. The molecule has 0 unspecified atom stereocenters. The maximum atomic E-state index is 9.69. The van der Waals surface area contributed by atoms with E-state index in [0.717, 1.165) is 11.3 Å². The van der Waals surface area contributed by atoms with Crippen molar-refractivity contribution in [2.45, 2.75) is 27.3 Å². The number of aromatic hydroxyl groups is 1. The number of phenolic OH excluding ortho intramolecular Hbond substituents is 1. The topological polar surface area (TPSA) is 41.5 Å². The van der Waals surface area contributed by atoms with Gasteiger partial charge in [-0.15, -0.1) is 0 Å². The van der Waals surface area contributed by atoms with Gasteiger partial charge >= 0.3 is 0 Å². The molecule has 20 heavy (non-hydrogen) atoms. The fourth-order valence-electron chi connectivity index (χ4n) is 2.08. The van der Waals surface area contributed by atoms with Crippen LogP contribution in [0.2, 0.25) is 0 Å². The molecule has 0 radical (unpaired) electrons. The lowest BCUT2D eigenvalue weighted by molar-refractivity contribution is 0.318. The van der Waals surface area contributed by atoms with Crippen LogP contribution in [0, 0.1) is 13.8 Å². The third-order valence-electron chi connectivity index (χ3n) is 3.41. The van der Waals surface area contributed by atoms with E-state index in [0.29, 0.717) is 18.9 Å². The summed E-state index contributed by atoms with van der Waals surface area (Å²) >= 11 is 0. The van der Waals surface area contributed by atoms with E-state index >= 15 is 0 Å². The Hall–Kier alpha value is -2.16. The fourth-order valence-corrected chi connectivity index (χ4v) is 2.08. The van der Waals surface area contributed by atoms with Crippen LogP contribution >= 0.6 is 0 Å². The molecule has 0 bridgehead atoms. The normalized spacial score (nSPS) is 10.3. The van der Waals surface area contributed by atoms with E-state index in [1.807, 2.05) is 25.1 Å². The van der Waals surface area contributed by atoms with E-state index < -0.39 is 0 Å². The summed E-state index contributed by atoms with van der Waals surface area (Å²) < 4.78 is 5.39. The number of benzene rings is 2. The van der Waals surface area contributed by atoms with Crippen LogP contribution in [-0.4, -0.2) is 11.7 Å². The fraction of sp³-hybridized carbons (Fsp3) is 0.294. The Kier molecular flexibility index (Phi) is 4.51. The minimum Gasteiger partial charge on any atom is -0.504 e. The highest BCUT2D eigenvalue weighted by molar-refractivity contribution is 5.54. The van der Waals surface area contributed by atoms with Crippen molar-refractivity contribution in [1.29, 1.82) is 0 Å². The van der Waals surface area contributed by atoms with E-state index in [2.05, 4.69) is 31.3 Å². The Balaban J connectivity index is 2.11. The van der Waals surface area contributed by atoms with Gasteiger partial charge in [-0.3, -0.25) is 0 Å². The summed E-state index contributed by atoms with van der Waals surface area (Å²) in [5, 5.41) is 13.1. The van der Waals surface area contributed by atoms with Gasteiger partial charge in [-0.2, -0.15) is 0 Å². The van der Waals surface area contributed by atoms with Crippen molar-refractivity contribution < 1.29 is 9.84 Å². The largest absolute Gasteiger partial charge is 0.504 e. The number of phenols is 1. The maximum absolute atomic E-state index is 9.69. The number of rotatable bonds is 5. The molecule has 0 saturated heterocycles. The molecule has 0 saturated carbocycles. The predicted molar refractivity (Wildman–Crippen MR) is 82.5 cm³/mol. The SMILES string of the molecule is CCOc1cc(CNc2cccc(C)c2C)ccc1O. The lowest BCUT2D eigenvalue weighted by Gasteiger charge is -2.13. The van der Waals surface area contributed by atoms with Crippen molar-refractivity contribution in [1.82, 2.24) is 0 Å². The third-order valence-corrected chi connectivity index (χ3v) is 3.41. The van der Waals surface area contributed by atoms with Crippen molar-refractivity contribution in [2.24, 2.45) is 0 Å². The van der Waals surface area contributed by atoms with Crippen LogP contribution in [0.4, 0.5) is 5.69 Å². The average molecular weight is 271 g/mol. The maximum Gasteiger partial charge on any atom is 0.161 e. The molecule has 3 nitrogen and oxygen atoms in total. The van der Waals surface area contributed by atoms with Crippen LogP contribution in [-0.2, 0) is 6.54 Å². The third kappa shape index (κ3) is 3.23. The number of hydrogen-bond donors (Lipinski definition) is 2. The summed E-state index contributed by atoms with van der Waals surface area (Å²) in [5.74, 6) is 0.718. The number of aryl methyl sites for hydroxylation is 1. The minimum atomic E-state index is 0.183. The molecule has 0 aromatic heterocycles. The quantitative estimate of drug-likeness (QED) is 0.863. The summed E-state index contributed by atoms with van der Waals surface area (Å²) in [6.07, 6.45) is 0. The number of nitrogens with one attached hydrogen (secondary N) is 1. The minimum absolute atomic E-state index is 0.183. The van der Waals surface area contributed by atoms with Crippen molar-refractivity contribution in [3.05, 3.63) is 53.1 Å². The molecule has 2 rings (SSSR count). The van der Waals surface area contributed by atoms with Crippen molar-refractivity contribution >= 4 is 5.69 Å². The molecule has 0 spiro atoms. The zero-order chi connectivity index (χ0) is 14.5. The van der Waals surface area contributed by atoms with Crippen LogP contribution < -0.4 is 10.1 Å². The lowest BCUT2D eigenvalue weighted by Crippen LogP contribution is -2.02. The first-order valence-electron chi connectivity index (χ1n) is 6.86. The molecule has 0 aliphatic carbocycles. The van der Waals surface area contributed by atoms with Gasteiger partial charge in [-0.1, -0.05) is 18.2 Å². The number of anilines is 1. The molecule has 0 heterocycles. The zero-order valence-corrected chi connectivity index (χ0v) is 12.2. The summed E-state index contributed by atoms with van der Waals surface area (Å²) in [6.45, 7) is 7.36. The van der Waals surface area contributed by atoms with E-state index in [4.69, 9.17) is 4.74 Å². The van der Waals surface area contributed by atoms with Gasteiger partial charge in [0.05, 0.1) is 6.61 Å². The van der Waals surface area contributed by atoms with Crippen LogP contribution in [0.15, 0.2) is 36.4 Å². The van der Waals surface area contributed by atoms with E-state index in [-0.39, 0.29) is 5.75 Å². The van der Waals surface area contributed by atoms with Gasteiger partial charge in [-0.25, -0.2) is 0 Å². The molecule has 2 aromatic carbocycles. The molecule has 0 aliphatic heterocycles. The highest BCUT2D eigenvalue weighted by Gasteiger charge is 2.05. The highest BCUT2D eigenvalue weighted by Crippen LogP contribution is 2.27. The van der Waals surface area contributed by atoms with Gasteiger partial charge in [0.15, 0.2) is 11.5 Å². The van der Waals surface area contributed by atoms with Crippen LogP contribution in [0.1, 0.15) is 23.6 Å². The number of hydrogen-bond acceptors (Lipinski definition) is 3. The van der Waals surface area contributed by atoms with Crippen molar-refractivity contribution in [3.8, 4) is 11.5 Å². The van der Waals surface area contributed by atoms with Crippen molar-refractivity contribution in [2.75, 3.05) is 11.9 Å². The Morgan fingerprint density at radius 3 is 2.70 bits per heavy atom. The first kappa shape index (κ1) is 14.3. The molecule has 2 N–H and O–H groups in total.